The second-order valence-electron chi connectivity index (χ2n) is 2.75. The molecule has 0 bridgehead atoms. The summed E-state index contributed by atoms with van der Waals surface area (Å²) in [4.78, 5) is 18.8. The minimum absolute atomic E-state index is 0.0150. The molecule has 0 aromatic carbocycles. The van der Waals surface area contributed by atoms with Gasteiger partial charge in [0, 0.05) is 12.3 Å². The molecule has 2 rings (SSSR count). The van der Waals surface area contributed by atoms with Crippen LogP contribution in [0.15, 0.2) is 18.7 Å². The zero-order chi connectivity index (χ0) is 11.5. The summed E-state index contributed by atoms with van der Waals surface area (Å²) in [5.74, 6) is -0.262. The lowest BCUT2D eigenvalue weighted by atomic mass is 10.5. The summed E-state index contributed by atoms with van der Waals surface area (Å²) in [6.07, 6.45) is 5.01. The highest BCUT2D eigenvalue weighted by Crippen LogP contribution is 1.98. The van der Waals surface area contributed by atoms with Gasteiger partial charge in [-0.2, -0.15) is 24.8 Å². The third kappa shape index (κ3) is 1.73. The van der Waals surface area contributed by atoms with Crippen LogP contribution in [0.2, 0.25) is 0 Å². The van der Waals surface area contributed by atoms with Crippen LogP contribution in [0.4, 0.5) is 11.9 Å². The van der Waals surface area contributed by atoms with Crippen molar-refractivity contribution in [1.29, 1.82) is 0 Å². The average Bonchev–Trinajstić information content (AvgIpc) is 2.84. The van der Waals surface area contributed by atoms with E-state index >= 15 is 0 Å². The minimum atomic E-state index is -0.454. The molecule has 82 valence electrons. The number of anilines is 2. The van der Waals surface area contributed by atoms with Crippen LogP contribution in [-0.2, 0) is 0 Å². The van der Waals surface area contributed by atoms with Gasteiger partial charge >= 0.3 is 0 Å². The number of hydrogen-bond donors (Lipinski definition) is 2. The maximum atomic E-state index is 11.5. The molecule has 0 atom stereocenters. The summed E-state index contributed by atoms with van der Waals surface area (Å²) < 4.78 is 2.19. The van der Waals surface area contributed by atoms with Gasteiger partial charge in [0.05, 0.1) is 0 Å². The standard InChI is InChI=1S/C7H8N8O/c8-6-10-3-12-14(6)2-1-5(16)15-7(9)11-4-13-15/h1-4H,(H2,8,10,12)(H2,9,11,13). The number of hydrogen-bond acceptors (Lipinski definition) is 7. The first-order valence-corrected chi connectivity index (χ1v) is 4.21. The summed E-state index contributed by atoms with van der Waals surface area (Å²) in [6.45, 7) is 0. The maximum Gasteiger partial charge on any atom is 0.275 e. The van der Waals surface area contributed by atoms with Gasteiger partial charge in [-0.15, -0.1) is 0 Å². The summed E-state index contributed by atoms with van der Waals surface area (Å²) in [6, 6.07) is 0. The van der Waals surface area contributed by atoms with Crippen LogP contribution in [0.5, 0.6) is 0 Å². The highest BCUT2D eigenvalue weighted by atomic mass is 16.2. The van der Waals surface area contributed by atoms with Gasteiger partial charge in [0.25, 0.3) is 5.91 Å². The zero-order valence-electron chi connectivity index (χ0n) is 8.06. The van der Waals surface area contributed by atoms with Gasteiger partial charge in [-0.3, -0.25) is 4.79 Å². The van der Waals surface area contributed by atoms with E-state index in [1.54, 1.807) is 0 Å². The monoisotopic (exact) mass is 220 g/mol. The topological polar surface area (TPSA) is 131 Å². The van der Waals surface area contributed by atoms with Crippen LogP contribution in [0.3, 0.4) is 0 Å². The van der Waals surface area contributed by atoms with Crippen LogP contribution in [0, 0.1) is 0 Å². The van der Waals surface area contributed by atoms with Crippen molar-refractivity contribution in [3.63, 3.8) is 0 Å². The number of aromatic nitrogens is 6. The van der Waals surface area contributed by atoms with E-state index in [-0.39, 0.29) is 11.9 Å². The predicted molar refractivity (Wildman–Crippen MR) is 54.8 cm³/mol. The summed E-state index contributed by atoms with van der Waals surface area (Å²) in [7, 11) is 0. The second kappa shape index (κ2) is 3.81. The van der Waals surface area contributed by atoms with Crippen molar-refractivity contribution in [3.8, 4) is 0 Å². The molecule has 0 amide bonds. The molecule has 0 aliphatic carbocycles. The van der Waals surface area contributed by atoms with Crippen molar-refractivity contribution in [2.45, 2.75) is 0 Å². The fourth-order valence-corrected chi connectivity index (χ4v) is 0.999. The fourth-order valence-electron chi connectivity index (χ4n) is 0.999. The molecule has 2 aromatic heterocycles. The normalized spacial score (nSPS) is 11.0. The molecule has 0 radical (unpaired) electrons. The third-order valence-electron chi connectivity index (χ3n) is 1.74. The van der Waals surface area contributed by atoms with Crippen molar-refractivity contribution >= 4 is 24.0 Å². The maximum absolute atomic E-state index is 11.5. The number of allylic oxidation sites excluding steroid dienone is 1. The lowest BCUT2D eigenvalue weighted by Crippen LogP contribution is -2.13. The number of nitrogens with zero attached hydrogens (tertiary/aromatic N) is 6. The Balaban J connectivity index is 2.17. The van der Waals surface area contributed by atoms with Gasteiger partial charge in [-0.05, 0) is 0 Å². The number of carbonyl (C=O) groups excluding carboxylic acids is 1. The quantitative estimate of drug-likeness (QED) is 0.610. The second-order valence-corrected chi connectivity index (χ2v) is 2.75. The number of nitrogen functional groups attached to an aromatic ring is 2. The van der Waals surface area contributed by atoms with E-state index in [1.165, 1.54) is 29.6 Å². The highest BCUT2D eigenvalue weighted by molar-refractivity contribution is 5.92. The first kappa shape index (κ1) is 9.83. The Morgan fingerprint density at radius 3 is 2.44 bits per heavy atom. The number of carbonyl (C=O) groups is 1. The average molecular weight is 220 g/mol. The SMILES string of the molecule is Nc1ncnn1C=CC(=O)n1ncnc1N. The molecular formula is C7H8N8O. The van der Waals surface area contributed by atoms with Gasteiger partial charge in [-0.25, -0.2) is 4.68 Å². The van der Waals surface area contributed by atoms with E-state index < -0.39 is 5.91 Å². The van der Waals surface area contributed by atoms with Crippen LogP contribution in [-0.4, -0.2) is 35.4 Å². The van der Waals surface area contributed by atoms with E-state index in [0.717, 1.165) is 4.68 Å². The van der Waals surface area contributed by atoms with Gasteiger partial charge in [0.1, 0.15) is 12.7 Å². The summed E-state index contributed by atoms with van der Waals surface area (Å²) in [5.41, 5.74) is 10.8. The highest BCUT2D eigenvalue weighted by Gasteiger charge is 2.06. The van der Waals surface area contributed by atoms with Gasteiger partial charge in [0.2, 0.25) is 11.9 Å². The molecule has 0 aliphatic heterocycles. The summed E-state index contributed by atoms with van der Waals surface area (Å²) >= 11 is 0. The van der Waals surface area contributed by atoms with Crippen molar-refractivity contribution in [2.75, 3.05) is 11.5 Å². The van der Waals surface area contributed by atoms with E-state index in [2.05, 4.69) is 20.2 Å². The van der Waals surface area contributed by atoms with Crippen molar-refractivity contribution in [2.24, 2.45) is 0 Å². The Morgan fingerprint density at radius 2 is 1.88 bits per heavy atom. The Kier molecular flexibility index (Phi) is 2.34. The van der Waals surface area contributed by atoms with Crippen LogP contribution < -0.4 is 11.5 Å². The Labute approximate surface area is 89.4 Å². The molecule has 16 heavy (non-hydrogen) atoms. The smallest absolute Gasteiger partial charge is 0.275 e. The minimum Gasteiger partial charge on any atom is -0.368 e. The molecule has 0 saturated carbocycles. The van der Waals surface area contributed by atoms with Gasteiger partial charge in [0.15, 0.2) is 0 Å². The molecule has 9 nitrogen and oxygen atoms in total. The molecule has 2 heterocycles. The van der Waals surface area contributed by atoms with Gasteiger partial charge < -0.3 is 11.5 Å². The number of nitrogens with two attached hydrogens (primary N) is 2. The zero-order valence-corrected chi connectivity index (χ0v) is 8.06. The van der Waals surface area contributed by atoms with E-state index in [1.807, 2.05) is 0 Å². The lowest BCUT2D eigenvalue weighted by molar-refractivity contribution is 0.0957. The first-order valence-electron chi connectivity index (χ1n) is 4.21. The van der Waals surface area contributed by atoms with Gasteiger partial charge in [-0.1, -0.05) is 0 Å². The largest absolute Gasteiger partial charge is 0.368 e. The fraction of sp³-hybridized carbons (Fsp3) is 0. The predicted octanol–water partition coefficient (Wildman–Crippen LogP) is -1.15. The molecule has 2 aromatic rings. The third-order valence-corrected chi connectivity index (χ3v) is 1.74. The molecule has 0 aliphatic rings. The Bertz CT molecular complexity index is 538. The first-order chi connectivity index (χ1) is 7.68. The molecule has 0 spiro atoms. The van der Waals surface area contributed by atoms with Crippen molar-refractivity contribution in [1.82, 2.24) is 29.5 Å². The molecular weight excluding hydrogens is 212 g/mol. The molecule has 0 saturated heterocycles. The van der Waals surface area contributed by atoms with Crippen LogP contribution in [0.25, 0.3) is 6.20 Å². The lowest BCUT2D eigenvalue weighted by Gasteiger charge is -1.96. The molecule has 9 heteroatoms. The van der Waals surface area contributed by atoms with Crippen LogP contribution >= 0.6 is 0 Å². The molecule has 4 N–H and O–H groups in total. The van der Waals surface area contributed by atoms with E-state index in [0.29, 0.717) is 0 Å². The van der Waals surface area contributed by atoms with E-state index in [4.69, 9.17) is 11.5 Å². The van der Waals surface area contributed by atoms with E-state index in [9.17, 15) is 4.79 Å². The molecule has 0 unspecified atom stereocenters. The van der Waals surface area contributed by atoms with Crippen LogP contribution in [0.1, 0.15) is 4.79 Å². The summed E-state index contributed by atoms with van der Waals surface area (Å²) in [5, 5.41) is 7.40. The Hall–Kier alpha value is -2.71. The number of rotatable bonds is 2. The molecule has 0 fully saturated rings. The van der Waals surface area contributed by atoms with Crippen molar-refractivity contribution < 1.29 is 4.79 Å². The Morgan fingerprint density at radius 1 is 1.19 bits per heavy atom. The van der Waals surface area contributed by atoms with Crippen molar-refractivity contribution in [3.05, 3.63) is 18.7 Å².